The summed E-state index contributed by atoms with van der Waals surface area (Å²) >= 11 is 0. The number of aromatic nitrogens is 2. The van der Waals surface area contributed by atoms with Gasteiger partial charge in [-0.15, -0.1) is 0 Å². The third kappa shape index (κ3) is 2.94. The summed E-state index contributed by atoms with van der Waals surface area (Å²) in [5.74, 6) is 0.168. The van der Waals surface area contributed by atoms with Crippen LogP contribution in [0.3, 0.4) is 0 Å². The molecule has 0 spiro atoms. The standard InChI is InChI=1S/C15H13F3N4/c1-10-2-4-11(5-3-10)12-6-8-19-14(20-12)22-9-7-13(21-22)15(16,17)18/h2-9,13,21H,1H3. The SMILES string of the molecule is Cc1ccc(-c2ccnc(N3C=CC(C(F)(F)F)N3)n2)cc1. The maximum atomic E-state index is 12.7. The highest BCUT2D eigenvalue weighted by molar-refractivity contribution is 5.60. The van der Waals surface area contributed by atoms with Crippen molar-refractivity contribution in [3.8, 4) is 11.3 Å². The van der Waals surface area contributed by atoms with E-state index in [2.05, 4.69) is 15.4 Å². The summed E-state index contributed by atoms with van der Waals surface area (Å²) in [5, 5.41) is 1.18. The number of hydrogen-bond acceptors (Lipinski definition) is 4. The second-order valence-electron chi connectivity index (χ2n) is 4.97. The molecule has 4 nitrogen and oxygen atoms in total. The van der Waals surface area contributed by atoms with Crippen molar-refractivity contribution < 1.29 is 13.2 Å². The van der Waals surface area contributed by atoms with Gasteiger partial charge in [-0.2, -0.15) is 13.2 Å². The number of anilines is 1. The predicted octanol–water partition coefficient (Wildman–Crippen LogP) is 3.22. The molecule has 114 valence electrons. The quantitative estimate of drug-likeness (QED) is 0.925. The van der Waals surface area contributed by atoms with Crippen molar-refractivity contribution in [1.82, 2.24) is 15.4 Å². The Morgan fingerprint density at radius 1 is 1.14 bits per heavy atom. The minimum Gasteiger partial charge on any atom is -0.250 e. The molecule has 1 aromatic carbocycles. The van der Waals surface area contributed by atoms with Gasteiger partial charge in [0.2, 0.25) is 5.95 Å². The summed E-state index contributed by atoms with van der Waals surface area (Å²) in [7, 11) is 0. The van der Waals surface area contributed by atoms with E-state index in [1.54, 1.807) is 6.07 Å². The normalized spacial score (nSPS) is 18.0. The maximum Gasteiger partial charge on any atom is 0.409 e. The molecule has 1 aliphatic heterocycles. The van der Waals surface area contributed by atoms with E-state index in [4.69, 9.17) is 0 Å². The highest BCUT2D eigenvalue weighted by Crippen LogP contribution is 2.26. The second kappa shape index (κ2) is 5.42. The summed E-state index contributed by atoms with van der Waals surface area (Å²) in [5.41, 5.74) is 4.96. The second-order valence-corrected chi connectivity index (χ2v) is 4.97. The molecule has 0 radical (unpaired) electrons. The molecule has 7 heteroatoms. The van der Waals surface area contributed by atoms with Crippen LogP contribution in [0.1, 0.15) is 5.56 Å². The molecule has 2 aromatic rings. The van der Waals surface area contributed by atoms with Gasteiger partial charge in [0, 0.05) is 18.0 Å². The molecule has 0 fully saturated rings. The van der Waals surface area contributed by atoms with Gasteiger partial charge in [-0.1, -0.05) is 29.8 Å². The summed E-state index contributed by atoms with van der Waals surface area (Å²) < 4.78 is 38.0. The Morgan fingerprint density at radius 3 is 2.50 bits per heavy atom. The summed E-state index contributed by atoms with van der Waals surface area (Å²) in [6, 6.07) is 7.71. The zero-order valence-corrected chi connectivity index (χ0v) is 11.7. The molecule has 1 N–H and O–H groups in total. The molecule has 1 aromatic heterocycles. The molecule has 0 saturated heterocycles. The first kappa shape index (κ1) is 14.5. The average molecular weight is 306 g/mol. The lowest BCUT2D eigenvalue weighted by atomic mass is 10.1. The highest BCUT2D eigenvalue weighted by Gasteiger charge is 2.41. The van der Waals surface area contributed by atoms with E-state index in [-0.39, 0.29) is 5.95 Å². The molecule has 0 amide bonds. The Bertz CT molecular complexity index is 695. The van der Waals surface area contributed by atoms with Crippen molar-refractivity contribution in [2.24, 2.45) is 0 Å². The number of hydrazine groups is 1. The Kier molecular flexibility index (Phi) is 3.58. The topological polar surface area (TPSA) is 41.1 Å². The van der Waals surface area contributed by atoms with E-state index in [9.17, 15) is 13.2 Å². The molecular formula is C15H13F3N4. The largest absolute Gasteiger partial charge is 0.409 e. The Morgan fingerprint density at radius 2 is 1.86 bits per heavy atom. The number of alkyl halides is 3. The zero-order valence-electron chi connectivity index (χ0n) is 11.7. The third-order valence-electron chi connectivity index (χ3n) is 3.26. The number of nitrogens with zero attached hydrogens (tertiary/aromatic N) is 3. The van der Waals surface area contributed by atoms with Gasteiger partial charge in [0.1, 0.15) is 6.04 Å². The fraction of sp³-hybridized carbons (Fsp3) is 0.200. The van der Waals surface area contributed by atoms with E-state index >= 15 is 0 Å². The van der Waals surface area contributed by atoms with Crippen molar-refractivity contribution in [3.05, 3.63) is 54.4 Å². The van der Waals surface area contributed by atoms with Gasteiger partial charge >= 0.3 is 6.18 Å². The minimum absolute atomic E-state index is 0.168. The van der Waals surface area contributed by atoms with Crippen LogP contribution in [0.4, 0.5) is 19.1 Å². The molecule has 0 saturated carbocycles. The van der Waals surface area contributed by atoms with E-state index < -0.39 is 12.2 Å². The highest BCUT2D eigenvalue weighted by atomic mass is 19.4. The molecular weight excluding hydrogens is 293 g/mol. The van der Waals surface area contributed by atoms with Gasteiger partial charge < -0.3 is 0 Å². The zero-order chi connectivity index (χ0) is 15.7. The average Bonchev–Trinajstić information content (AvgIpc) is 2.98. The van der Waals surface area contributed by atoms with Crippen molar-refractivity contribution in [2.75, 3.05) is 5.01 Å². The first-order chi connectivity index (χ1) is 10.4. The molecule has 1 unspecified atom stereocenters. The number of halogens is 3. The van der Waals surface area contributed by atoms with Crippen LogP contribution in [0.15, 0.2) is 48.8 Å². The number of aryl methyl sites for hydroxylation is 1. The van der Waals surface area contributed by atoms with E-state index in [0.29, 0.717) is 5.69 Å². The van der Waals surface area contributed by atoms with Crippen LogP contribution in [0.25, 0.3) is 11.3 Å². The summed E-state index contributed by atoms with van der Waals surface area (Å²) in [6.45, 7) is 1.98. The number of nitrogens with one attached hydrogen (secondary N) is 1. The monoisotopic (exact) mass is 306 g/mol. The van der Waals surface area contributed by atoms with Crippen molar-refractivity contribution in [3.63, 3.8) is 0 Å². The summed E-state index contributed by atoms with van der Waals surface area (Å²) in [4.78, 5) is 8.32. The first-order valence-electron chi connectivity index (χ1n) is 6.64. The summed E-state index contributed by atoms with van der Waals surface area (Å²) in [6.07, 6.45) is -0.512. The van der Waals surface area contributed by atoms with Gasteiger partial charge in [0.25, 0.3) is 0 Å². The van der Waals surface area contributed by atoms with Crippen molar-refractivity contribution in [1.29, 1.82) is 0 Å². The number of hydrogen-bond donors (Lipinski definition) is 1. The smallest absolute Gasteiger partial charge is 0.250 e. The maximum absolute atomic E-state index is 12.7. The Labute approximate surface area is 125 Å². The molecule has 22 heavy (non-hydrogen) atoms. The lowest BCUT2D eigenvalue weighted by Gasteiger charge is -2.19. The molecule has 3 rings (SSSR count). The van der Waals surface area contributed by atoms with Crippen LogP contribution in [0.5, 0.6) is 0 Å². The number of rotatable bonds is 2. The fourth-order valence-corrected chi connectivity index (χ4v) is 2.06. The van der Waals surface area contributed by atoms with Gasteiger partial charge in [0.15, 0.2) is 0 Å². The van der Waals surface area contributed by atoms with Gasteiger partial charge in [0.05, 0.1) is 5.69 Å². The van der Waals surface area contributed by atoms with E-state index in [1.165, 1.54) is 17.4 Å². The Balaban J connectivity index is 1.84. The van der Waals surface area contributed by atoms with Crippen LogP contribution in [0, 0.1) is 6.92 Å². The Hall–Kier alpha value is -2.41. The van der Waals surface area contributed by atoms with Crippen LogP contribution >= 0.6 is 0 Å². The molecule has 1 aliphatic rings. The predicted molar refractivity (Wildman–Crippen MR) is 76.8 cm³/mol. The van der Waals surface area contributed by atoms with Crippen LogP contribution in [0.2, 0.25) is 0 Å². The third-order valence-corrected chi connectivity index (χ3v) is 3.26. The van der Waals surface area contributed by atoms with Gasteiger partial charge in [-0.25, -0.2) is 15.4 Å². The lowest BCUT2D eigenvalue weighted by Crippen LogP contribution is -2.44. The minimum atomic E-state index is -4.35. The fourth-order valence-electron chi connectivity index (χ4n) is 2.06. The number of benzene rings is 1. The van der Waals surface area contributed by atoms with E-state index in [1.807, 2.05) is 31.2 Å². The van der Waals surface area contributed by atoms with E-state index in [0.717, 1.165) is 17.2 Å². The van der Waals surface area contributed by atoms with Crippen LogP contribution in [-0.2, 0) is 0 Å². The molecule has 2 heterocycles. The van der Waals surface area contributed by atoms with Crippen LogP contribution in [-0.4, -0.2) is 22.2 Å². The lowest BCUT2D eigenvalue weighted by molar-refractivity contribution is -0.142. The molecule has 0 aliphatic carbocycles. The van der Waals surface area contributed by atoms with Crippen molar-refractivity contribution in [2.45, 2.75) is 19.1 Å². The van der Waals surface area contributed by atoms with Crippen molar-refractivity contribution >= 4 is 5.95 Å². The molecule has 0 bridgehead atoms. The van der Waals surface area contributed by atoms with Crippen LogP contribution < -0.4 is 10.4 Å². The van der Waals surface area contributed by atoms with Gasteiger partial charge in [-0.3, -0.25) is 5.01 Å². The first-order valence-corrected chi connectivity index (χ1v) is 6.64. The molecule has 1 atom stereocenters. The van der Waals surface area contributed by atoms with Gasteiger partial charge in [-0.05, 0) is 19.1 Å².